The fourth-order valence-electron chi connectivity index (χ4n) is 3.42. The van der Waals surface area contributed by atoms with Crippen LogP contribution in [0.15, 0.2) is 24.3 Å². The van der Waals surface area contributed by atoms with Gasteiger partial charge in [0, 0.05) is 48.7 Å². The van der Waals surface area contributed by atoms with E-state index in [-0.39, 0.29) is 17.5 Å². The van der Waals surface area contributed by atoms with Gasteiger partial charge in [0.15, 0.2) is 0 Å². The van der Waals surface area contributed by atoms with Gasteiger partial charge in [0.05, 0.1) is 6.61 Å². The summed E-state index contributed by atoms with van der Waals surface area (Å²) in [5, 5.41) is 6.79. The van der Waals surface area contributed by atoms with Gasteiger partial charge < -0.3 is 20.3 Å². The van der Waals surface area contributed by atoms with Crippen molar-refractivity contribution in [3.63, 3.8) is 0 Å². The van der Waals surface area contributed by atoms with E-state index in [0.29, 0.717) is 23.7 Å². The van der Waals surface area contributed by atoms with Crippen LogP contribution in [0.3, 0.4) is 0 Å². The maximum Gasteiger partial charge on any atom is 0.348 e. The van der Waals surface area contributed by atoms with Gasteiger partial charge in [-0.3, -0.25) is 4.90 Å². The molecule has 8 heteroatoms. The first-order valence-corrected chi connectivity index (χ1v) is 10.8. The second-order valence-corrected chi connectivity index (χ2v) is 9.08. The van der Waals surface area contributed by atoms with Crippen molar-refractivity contribution in [2.24, 2.45) is 0 Å². The monoisotopic (exact) mass is 418 g/mol. The molecule has 1 aromatic carbocycles. The molecule has 0 atom stereocenters. The van der Waals surface area contributed by atoms with E-state index in [9.17, 15) is 9.59 Å². The maximum absolute atomic E-state index is 12.4. The highest BCUT2D eigenvalue weighted by Gasteiger charge is 2.29. The van der Waals surface area contributed by atoms with E-state index in [1.807, 2.05) is 18.2 Å². The Labute approximate surface area is 176 Å². The Morgan fingerprint density at radius 1 is 1.17 bits per heavy atom. The quantitative estimate of drug-likeness (QED) is 0.705. The highest BCUT2D eigenvalue weighted by molar-refractivity contribution is 7.20. The summed E-state index contributed by atoms with van der Waals surface area (Å²) in [4.78, 5) is 29.6. The number of likely N-dealkylation sites (N-methyl/N-ethyl adjacent to an activating group) is 1. The molecule has 1 aliphatic heterocycles. The van der Waals surface area contributed by atoms with Crippen LogP contribution >= 0.6 is 11.3 Å². The summed E-state index contributed by atoms with van der Waals surface area (Å²) in [6.45, 7) is 11.1. The van der Waals surface area contributed by atoms with Gasteiger partial charge in [-0.25, -0.2) is 9.59 Å². The van der Waals surface area contributed by atoms with Crippen molar-refractivity contribution < 1.29 is 14.3 Å². The van der Waals surface area contributed by atoms with Gasteiger partial charge in [-0.1, -0.05) is 0 Å². The summed E-state index contributed by atoms with van der Waals surface area (Å²) in [5.74, 6) is -0.313. The van der Waals surface area contributed by atoms with E-state index in [1.165, 1.54) is 11.3 Å². The van der Waals surface area contributed by atoms with Crippen molar-refractivity contribution in [3.05, 3.63) is 29.1 Å². The average molecular weight is 419 g/mol. The van der Waals surface area contributed by atoms with Crippen molar-refractivity contribution in [2.75, 3.05) is 51.7 Å². The number of esters is 1. The summed E-state index contributed by atoms with van der Waals surface area (Å²) in [6.07, 6.45) is 0. The lowest BCUT2D eigenvalue weighted by Gasteiger charge is -2.43. The number of hydrogen-bond donors (Lipinski definition) is 2. The number of rotatable bonds is 6. The van der Waals surface area contributed by atoms with Crippen molar-refractivity contribution in [1.82, 2.24) is 15.1 Å². The smallest absolute Gasteiger partial charge is 0.348 e. The number of carbonyl (C=O) groups excluding carboxylic acids is 2. The van der Waals surface area contributed by atoms with Crippen LogP contribution in [0, 0.1) is 0 Å². The van der Waals surface area contributed by atoms with Crippen LogP contribution in [0.5, 0.6) is 0 Å². The second kappa shape index (κ2) is 9.11. The van der Waals surface area contributed by atoms with Gasteiger partial charge in [-0.15, -0.1) is 11.3 Å². The molecule has 0 aliphatic carbocycles. The number of carbonyl (C=O) groups is 2. The lowest BCUT2D eigenvalue weighted by Crippen LogP contribution is -2.58. The van der Waals surface area contributed by atoms with Crippen LogP contribution in [-0.4, -0.2) is 73.7 Å². The number of thiophene rings is 1. The second-order valence-electron chi connectivity index (χ2n) is 7.99. The number of amides is 2. The van der Waals surface area contributed by atoms with Crippen LogP contribution in [-0.2, 0) is 4.74 Å². The van der Waals surface area contributed by atoms with E-state index in [2.05, 4.69) is 41.3 Å². The maximum atomic E-state index is 12.4. The molecule has 3 rings (SSSR count). The first-order chi connectivity index (χ1) is 13.8. The molecular weight excluding hydrogens is 388 g/mol. The van der Waals surface area contributed by atoms with Crippen molar-refractivity contribution in [1.29, 1.82) is 0 Å². The third-order valence-electron chi connectivity index (χ3n) is 5.29. The number of urea groups is 1. The number of benzene rings is 1. The topological polar surface area (TPSA) is 73.9 Å². The minimum absolute atomic E-state index is 0.107. The first kappa shape index (κ1) is 21.5. The molecule has 0 spiro atoms. The fourth-order valence-corrected chi connectivity index (χ4v) is 4.36. The van der Waals surface area contributed by atoms with E-state index in [4.69, 9.17) is 4.74 Å². The molecule has 158 valence electrons. The fraction of sp³-hybridized carbons (Fsp3) is 0.524. The Kier molecular flexibility index (Phi) is 6.77. The molecule has 7 nitrogen and oxygen atoms in total. The molecule has 0 unspecified atom stereocenters. The molecule has 29 heavy (non-hydrogen) atoms. The highest BCUT2D eigenvalue weighted by Crippen LogP contribution is 2.28. The zero-order chi connectivity index (χ0) is 21.0. The predicted molar refractivity (Wildman–Crippen MR) is 118 cm³/mol. The van der Waals surface area contributed by atoms with Gasteiger partial charge in [0.25, 0.3) is 0 Å². The minimum Gasteiger partial charge on any atom is -0.462 e. The number of nitrogens with one attached hydrogen (secondary N) is 2. The lowest BCUT2D eigenvalue weighted by molar-refractivity contribution is 0.0532. The molecule has 0 saturated carbocycles. The molecule has 1 saturated heterocycles. The number of fused-ring (bicyclic) bond motifs is 1. The molecule has 0 radical (unpaired) electrons. The summed E-state index contributed by atoms with van der Waals surface area (Å²) in [5.41, 5.74) is 0.588. The summed E-state index contributed by atoms with van der Waals surface area (Å²) in [7, 11) is 2.13. The number of piperazine rings is 1. The highest BCUT2D eigenvalue weighted by atomic mass is 32.1. The molecule has 2 aromatic rings. The Hall–Kier alpha value is -2.16. The summed E-state index contributed by atoms with van der Waals surface area (Å²) < 4.78 is 6.04. The molecule has 1 fully saturated rings. The average Bonchev–Trinajstić information content (AvgIpc) is 3.11. The zero-order valence-corrected chi connectivity index (χ0v) is 18.4. The van der Waals surface area contributed by atoms with E-state index in [0.717, 1.165) is 36.3 Å². The third kappa shape index (κ3) is 5.46. The normalized spacial score (nSPS) is 16.0. The van der Waals surface area contributed by atoms with Crippen molar-refractivity contribution >= 4 is 39.1 Å². The van der Waals surface area contributed by atoms with Crippen molar-refractivity contribution in [2.45, 2.75) is 26.3 Å². The first-order valence-electron chi connectivity index (χ1n) is 9.97. The van der Waals surface area contributed by atoms with Crippen LogP contribution < -0.4 is 10.6 Å². The van der Waals surface area contributed by atoms with Gasteiger partial charge in [-0.05, 0) is 57.5 Å². The van der Waals surface area contributed by atoms with Crippen molar-refractivity contribution in [3.8, 4) is 0 Å². The number of hydrogen-bond acceptors (Lipinski definition) is 6. The van der Waals surface area contributed by atoms with Crippen LogP contribution in [0.2, 0.25) is 0 Å². The van der Waals surface area contributed by atoms with E-state index < -0.39 is 0 Å². The van der Waals surface area contributed by atoms with Gasteiger partial charge >= 0.3 is 12.0 Å². The minimum atomic E-state index is -0.313. The van der Waals surface area contributed by atoms with Gasteiger partial charge in [0.1, 0.15) is 4.88 Å². The Bertz CT molecular complexity index is 872. The zero-order valence-electron chi connectivity index (χ0n) is 17.6. The molecular formula is C21H30N4O3S. The van der Waals surface area contributed by atoms with Gasteiger partial charge in [-0.2, -0.15) is 0 Å². The predicted octanol–water partition coefficient (Wildman–Crippen LogP) is 3.23. The lowest BCUT2D eigenvalue weighted by atomic mass is 10.0. The number of anilines is 1. The molecule has 2 amide bonds. The molecule has 1 aliphatic rings. The molecule has 2 heterocycles. The summed E-state index contributed by atoms with van der Waals surface area (Å²) >= 11 is 1.39. The molecule has 1 aromatic heterocycles. The largest absolute Gasteiger partial charge is 0.462 e. The van der Waals surface area contributed by atoms with Crippen LogP contribution in [0.1, 0.15) is 30.4 Å². The third-order valence-corrected chi connectivity index (χ3v) is 6.39. The number of nitrogens with zero attached hydrogens (tertiary/aromatic N) is 2. The molecule has 0 bridgehead atoms. The SMILES string of the molecule is CCOC(=O)c1cc2cc(NC(=O)NCC(C)(C)N3CCN(C)CC3)ccc2s1. The molecule has 2 N–H and O–H groups in total. The van der Waals surface area contributed by atoms with Crippen LogP contribution in [0.25, 0.3) is 10.1 Å². The van der Waals surface area contributed by atoms with Crippen LogP contribution in [0.4, 0.5) is 10.5 Å². The van der Waals surface area contributed by atoms with E-state index >= 15 is 0 Å². The Morgan fingerprint density at radius 2 is 1.90 bits per heavy atom. The Morgan fingerprint density at radius 3 is 2.59 bits per heavy atom. The van der Waals surface area contributed by atoms with Gasteiger partial charge in [0.2, 0.25) is 0 Å². The Balaban J connectivity index is 1.57. The van der Waals surface area contributed by atoms with E-state index in [1.54, 1.807) is 13.0 Å². The summed E-state index contributed by atoms with van der Waals surface area (Å²) in [6, 6.07) is 7.20. The standard InChI is InChI=1S/C21H30N4O3S/c1-5-28-19(26)18-13-15-12-16(6-7-17(15)29-18)23-20(27)22-14-21(2,3)25-10-8-24(4)9-11-25/h6-7,12-13H,5,8-11,14H2,1-4H3,(H2,22,23,27). The number of ether oxygens (including phenoxy) is 1.